The molecule has 26 heavy (non-hydrogen) atoms. The molecular formula is C19H23N3O3S. The van der Waals surface area contributed by atoms with E-state index in [9.17, 15) is 18.5 Å². The summed E-state index contributed by atoms with van der Waals surface area (Å²) < 4.78 is 28.0. The molecule has 0 spiro atoms. The Morgan fingerprint density at radius 2 is 1.96 bits per heavy atom. The molecule has 1 saturated carbocycles. The molecule has 6 nitrogen and oxygen atoms in total. The van der Waals surface area contributed by atoms with Crippen molar-refractivity contribution in [1.82, 2.24) is 4.90 Å². The van der Waals surface area contributed by atoms with Crippen molar-refractivity contribution in [3.05, 3.63) is 29.8 Å². The first-order valence-electron chi connectivity index (χ1n) is 9.28. The minimum atomic E-state index is -3.53. The van der Waals surface area contributed by atoms with Gasteiger partial charge in [-0.1, -0.05) is 18.2 Å². The average Bonchev–Trinajstić information content (AvgIpc) is 3.06. The second-order valence-electron chi connectivity index (χ2n) is 7.56. The van der Waals surface area contributed by atoms with E-state index in [1.165, 1.54) is 4.31 Å². The van der Waals surface area contributed by atoms with Gasteiger partial charge in [0.1, 0.15) is 5.41 Å². The van der Waals surface area contributed by atoms with Crippen LogP contribution in [0.2, 0.25) is 0 Å². The molecule has 3 aliphatic rings. The summed E-state index contributed by atoms with van der Waals surface area (Å²) in [4.78, 5) is 14.4. The lowest BCUT2D eigenvalue weighted by molar-refractivity contribution is -0.143. The number of para-hydroxylation sites is 1. The summed E-state index contributed by atoms with van der Waals surface area (Å²) in [6.07, 6.45) is 4.02. The number of rotatable bonds is 3. The Morgan fingerprint density at radius 1 is 1.19 bits per heavy atom. The van der Waals surface area contributed by atoms with Gasteiger partial charge in [-0.05, 0) is 50.2 Å². The molecular weight excluding hydrogens is 350 g/mol. The van der Waals surface area contributed by atoms with Gasteiger partial charge in [0.05, 0.1) is 17.0 Å². The lowest BCUT2D eigenvalue weighted by Crippen LogP contribution is -2.54. The average molecular weight is 373 g/mol. The van der Waals surface area contributed by atoms with Crippen LogP contribution in [0.15, 0.2) is 24.3 Å². The highest BCUT2D eigenvalue weighted by atomic mass is 32.2. The third-order valence-electron chi connectivity index (χ3n) is 6.07. The van der Waals surface area contributed by atoms with Gasteiger partial charge in [0.15, 0.2) is 0 Å². The number of hydrogen-bond acceptors (Lipinski definition) is 4. The van der Waals surface area contributed by atoms with E-state index in [1.807, 2.05) is 24.3 Å². The van der Waals surface area contributed by atoms with E-state index in [0.717, 1.165) is 24.1 Å². The molecule has 1 saturated heterocycles. The predicted octanol–water partition coefficient (Wildman–Crippen LogP) is 2.06. The zero-order valence-electron chi connectivity index (χ0n) is 14.7. The van der Waals surface area contributed by atoms with E-state index in [0.29, 0.717) is 38.8 Å². The van der Waals surface area contributed by atoms with Crippen molar-refractivity contribution in [3.8, 4) is 6.07 Å². The van der Waals surface area contributed by atoms with Crippen LogP contribution < -0.4 is 4.31 Å². The largest absolute Gasteiger partial charge is 0.340 e. The molecule has 1 amide bonds. The van der Waals surface area contributed by atoms with Crippen molar-refractivity contribution in [2.45, 2.75) is 43.8 Å². The van der Waals surface area contributed by atoms with E-state index in [2.05, 4.69) is 6.07 Å². The van der Waals surface area contributed by atoms with Crippen LogP contribution in [0.4, 0.5) is 5.69 Å². The molecule has 0 bridgehead atoms. The molecule has 2 heterocycles. The van der Waals surface area contributed by atoms with Crippen LogP contribution in [0.25, 0.3) is 0 Å². The zero-order chi connectivity index (χ0) is 18.4. The third kappa shape index (κ3) is 2.59. The molecule has 0 aromatic heterocycles. The molecule has 2 fully saturated rings. The Morgan fingerprint density at radius 3 is 2.65 bits per heavy atom. The van der Waals surface area contributed by atoms with Gasteiger partial charge in [-0.2, -0.15) is 5.26 Å². The molecule has 7 heteroatoms. The molecule has 1 atom stereocenters. The standard InChI is InChI=1S/C19H23N3O3S/c20-14-19(9-4-10-19)18(23)21-11-3-6-16(13-21)26(24,25)22-12-8-15-5-1-2-7-17(15)22/h1-2,5,7,16H,3-4,6,8-13H2/t16-/m0/s1. The quantitative estimate of drug-likeness (QED) is 0.812. The molecule has 1 aromatic rings. The third-order valence-corrected chi connectivity index (χ3v) is 8.29. The highest BCUT2D eigenvalue weighted by Crippen LogP contribution is 2.42. The fourth-order valence-electron chi connectivity index (χ4n) is 4.32. The summed E-state index contributed by atoms with van der Waals surface area (Å²) in [7, 11) is -3.53. The van der Waals surface area contributed by atoms with E-state index in [4.69, 9.17) is 0 Å². The summed E-state index contributed by atoms with van der Waals surface area (Å²) in [6, 6.07) is 9.79. The van der Waals surface area contributed by atoms with Crippen LogP contribution in [-0.2, 0) is 21.2 Å². The molecule has 2 aliphatic heterocycles. The lowest BCUT2D eigenvalue weighted by Gasteiger charge is -2.41. The smallest absolute Gasteiger partial charge is 0.243 e. The van der Waals surface area contributed by atoms with Gasteiger partial charge >= 0.3 is 0 Å². The number of piperidine rings is 1. The van der Waals surface area contributed by atoms with Gasteiger partial charge in [0.25, 0.3) is 0 Å². The lowest BCUT2D eigenvalue weighted by atomic mass is 9.69. The Bertz CT molecular complexity index is 870. The second kappa shape index (κ2) is 6.27. The minimum absolute atomic E-state index is 0.173. The molecule has 1 aliphatic carbocycles. The number of carbonyl (C=O) groups is 1. The van der Waals surface area contributed by atoms with Crippen LogP contribution in [0, 0.1) is 16.7 Å². The fourth-order valence-corrected chi connectivity index (χ4v) is 6.32. The number of fused-ring (bicyclic) bond motifs is 1. The normalized spacial score (nSPS) is 24.5. The highest BCUT2D eigenvalue weighted by molar-refractivity contribution is 7.93. The number of nitriles is 1. The number of carbonyl (C=O) groups excluding carboxylic acids is 1. The maximum atomic E-state index is 13.2. The van der Waals surface area contributed by atoms with Crippen LogP contribution in [0.1, 0.15) is 37.7 Å². The van der Waals surface area contributed by atoms with E-state index >= 15 is 0 Å². The fraction of sp³-hybridized carbons (Fsp3) is 0.579. The molecule has 0 radical (unpaired) electrons. The van der Waals surface area contributed by atoms with Gasteiger partial charge in [0, 0.05) is 19.6 Å². The summed E-state index contributed by atoms with van der Waals surface area (Å²) in [5.74, 6) is -0.173. The van der Waals surface area contributed by atoms with Crippen LogP contribution >= 0.6 is 0 Å². The number of nitrogens with zero attached hydrogens (tertiary/aromatic N) is 3. The van der Waals surface area contributed by atoms with Crippen LogP contribution in [-0.4, -0.2) is 44.1 Å². The monoisotopic (exact) mass is 373 g/mol. The number of benzene rings is 1. The number of anilines is 1. The van der Waals surface area contributed by atoms with Crippen LogP contribution in [0.5, 0.6) is 0 Å². The van der Waals surface area contributed by atoms with Crippen LogP contribution in [0.3, 0.4) is 0 Å². The number of likely N-dealkylation sites (tertiary alicyclic amines) is 1. The Kier molecular flexibility index (Phi) is 4.19. The predicted molar refractivity (Wildman–Crippen MR) is 97.9 cm³/mol. The van der Waals surface area contributed by atoms with Crippen molar-refractivity contribution >= 4 is 21.6 Å². The van der Waals surface area contributed by atoms with Gasteiger partial charge in [0.2, 0.25) is 15.9 Å². The Labute approximate surface area is 154 Å². The molecule has 1 aromatic carbocycles. The summed E-state index contributed by atoms with van der Waals surface area (Å²) in [6.45, 7) is 1.21. The van der Waals surface area contributed by atoms with Gasteiger partial charge in [-0.15, -0.1) is 0 Å². The molecule has 0 unspecified atom stereocenters. The first kappa shape index (κ1) is 17.3. The first-order valence-corrected chi connectivity index (χ1v) is 10.8. The summed E-state index contributed by atoms with van der Waals surface area (Å²) in [5.41, 5.74) is 0.910. The maximum Gasteiger partial charge on any atom is 0.243 e. The van der Waals surface area contributed by atoms with Crippen molar-refractivity contribution in [2.24, 2.45) is 5.41 Å². The number of hydrogen-bond donors (Lipinski definition) is 0. The topological polar surface area (TPSA) is 81.5 Å². The van der Waals surface area contributed by atoms with Crippen molar-refractivity contribution < 1.29 is 13.2 Å². The highest BCUT2D eigenvalue weighted by Gasteiger charge is 2.49. The molecule has 138 valence electrons. The molecule has 4 rings (SSSR count). The number of amides is 1. The molecule has 0 N–H and O–H groups in total. The van der Waals surface area contributed by atoms with Crippen molar-refractivity contribution in [3.63, 3.8) is 0 Å². The Hall–Kier alpha value is -2.07. The van der Waals surface area contributed by atoms with E-state index < -0.39 is 20.7 Å². The van der Waals surface area contributed by atoms with E-state index in [-0.39, 0.29) is 12.5 Å². The van der Waals surface area contributed by atoms with Gasteiger partial charge in [-0.3, -0.25) is 9.10 Å². The summed E-state index contributed by atoms with van der Waals surface area (Å²) >= 11 is 0. The van der Waals surface area contributed by atoms with Gasteiger partial charge < -0.3 is 4.90 Å². The minimum Gasteiger partial charge on any atom is -0.340 e. The van der Waals surface area contributed by atoms with Gasteiger partial charge in [-0.25, -0.2) is 8.42 Å². The summed E-state index contributed by atoms with van der Waals surface area (Å²) in [5, 5.41) is 8.83. The Balaban J connectivity index is 1.55. The van der Waals surface area contributed by atoms with Crippen molar-refractivity contribution in [2.75, 3.05) is 23.9 Å². The maximum absolute atomic E-state index is 13.2. The van der Waals surface area contributed by atoms with Crippen molar-refractivity contribution in [1.29, 1.82) is 5.26 Å². The first-order chi connectivity index (χ1) is 12.5. The zero-order valence-corrected chi connectivity index (χ0v) is 15.5. The SMILES string of the molecule is N#CC1(C(=O)N2CCC[C@H](S(=O)(=O)N3CCc4ccccc43)C2)CCC1. The number of sulfonamides is 1. The second-order valence-corrected chi connectivity index (χ2v) is 9.70. The van der Waals surface area contributed by atoms with E-state index in [1.54, 1.807) is 4.90 Å².